The number of rotatable bonds is 4. The fourth-order valence-electron chi connectivity index (χ4n) is 2.00. The Bertz CT molecular complexity index is 561. The van der Waals surface area contributed by atoms with Gasteiger partial charge in [-0.05, 0) is 31.0 Å². The Labute approximate surface area is 111 Å². The van der Waals surface area contributed by atoms with E-state index in [1.807, 2.05) is 0 Å². The van der Waals surface area contributed by atoms with Crippen LogP contribution in [0.5, 0.6) is 0 Å². The molecule has 7 heteroatoms. The van der Waals surface area contributed by atoms with Crippen LogP contribution in [0.4, 0.5) is 4.39 Å². The normalized spacial score (nSPS) is 23.7. The van der Waals surface area contributed by atoms with Crippen molar-refractivity contribution in [3.63, 3.8) is 0 Å². The molecule has 0 aliphatic carbocycles. The highest BCUT2D eigenvalue weighted by Crippen LogP contribution is 2.20. The van der Waals surface area contributed by atoms with Crippen molar-refractivity contribution in [3.05, 3.63) is 29.6 Å². The number of aliphatic hydroxyl groups excluding tert-OH is 1. The fourth-order valence-corrected chi connectivity index (χ4v) is 3.47. The van der Waals surface area contributed by atoms with Crippen LogP contribution in [0, 0.1) is 5.82 Å². The number of benzene rings is 1. The van der Waals surface area contributed by atoms with Crippen LogP contribution < -0.4 is 4.72 Å². The third-order valence-electron chi connectivity index (χ3n) is 3.15. The van der Waals surface area contributed by atoms with Gasteiger partial charge in [0.25, 0.3) is 0 Å². The van der Waals surface area contributed by atoms with Gasteiger partial charge in [0.1, 0.15) is 10.7 Å². The lowest BCUT2D eigenvalue weighted by Gasteiger charge is -2.16. The zero-order chi connectivity index (χ0) is 14.0. The van der Waals surface area contributed by atoms with Gasteiger partial charge in [0, 0.05) is 6.61 Å². The molecule has 0 bridgehead atoms. The fraction of sp³-hybridized carbons (Fsp3) is 0.500. The molecule has 1 aliphatic rings. The molecule has 1 aromatic carbocycles. The quantitative estimate of drug-likeness (QED) is 0.858. The Morgan fingerprint density at radius 3 is 2.84 bits per heavy atom. The van der Waals surface area contributed by atoms with Gasteiger partial charge in [0.05, 0.1) is 18.8 Å². The smallest absolute Gasteiger partial charge is 0.243 e. The van der Waals surface area contributed by atoms with Crippen LogP contribution in [-0.2, 0) is 21.4 Å². The maximum atomic E-state index is 13.6. The molecular formula is C12H16FNO4S. The van der Waals surface area contributed by atoms with E-state index in [0.717, 1.165) is 12.1 Å². The summed E-state index contributed by atoms with van der Waals surface area (Å²) >= 11 is 0. The van der Waals surface area contributed by atoms with Gasteiger partial charge in [0.2, 0.25) is 10.0 Å². The topological polar surface area (TPSA) is 75.6 Å². The Morgan fingerprint density at radius 1 is 1.53 bits per heavy atom. The Morgan fingerprint density at radius 2 is 2.26 bits per heavy atom. The van der Waals surface area contributed by atoms with Crippen LogP contribution in [0.1, 0.15) is 18.9 Å². The van der Waals surface area contributed by atoms with Gasteiger partial charge in [-0.15, -0.1) is 0 Å². The largest absolute Gasteiger partial charge is 0.392 e. The SMILES string of the molecule is CC1OCCC1NS(=O)(=O)c1cc(CO)ccc1F. The van der Waals surface area contributed by atoms with Crippen LogP contribution in [0.3, 0.4) is 0 Å². The van der Waals surface area contributed by atoms with E-state index in [2.05, 4.69) is 4.72 Å². The third-order valence-corrected chi connectivity index (χ3v) is 4.66. The molecule has 1 aromatic rings. The lowest BCUT2D eigenvalue weighted by molar-refractivity contribution is 0.117. The summed E-state index contributed by atoms with van der Waals surface area (Å²) in [4.78, 5) is -0.446. The molecule has 106 valence electrons. The predicted molar refractivity (Wildman–Crippen MR) is 66.5 cm³/mol. The number of aliphatic hydroxyl groups is 1. The van der Waals surface area contributed by atoms with Crippen molar-refractivity contribution in [1.82, 2.24) is 4.72 Å². The molecule has 0 spiro atoms. The Balaban J connectivity index is 2.28. The van der Waals surface area contributed by atoms with E-state index < -0.39 is 20.7 Å². The van der Waals surface area contributed by atoms with E-state index in [1.165, 1.54) is 6.07 Å². The van der Waals surface area contributed by atoms with Crippen LogP contribution in [-0.4, -0.2) is 32.3 Å². The molecule has 0 saturated carbocycles. The first kappa shape index (κ1) is 14.4. The summed E-state index contributed by atoms with van der Waals surface area (Å²) in [6.07, 6.45) is 0.320. The molecule has 2 N–H and O–H groups in total. The van der Waals surface area contributed by atoms with Crippen molar-refractivity contribution in [2.24, 2.45) is 0 Å². The first-order chi connectivity index (χ1) is 8.94. The van der Waals surface area contributed by atoms with Gasteiger partial charge >= 0.3 is 0 Å². The number of hydrogen-bond donors (Lipinski definition) is 2. The van der Waals surface area contributed by atoms with E-state index in [9.17, 15) is 12.8 Å². The van der Waals surface area contributed by atoms with Crippen LogP contribution in [0.15, 0.2) is 23.1 Å². The summed E-state index contributed by atoms with van der Waals surface area (Å²) in [5.41, 5.74) is 0.345. The first-order valence-electron chi connectivity index (χ1n) is 5.97. The molecule has 1 fully saturated rings. The van der Waals surface area contributed by atoms with Gasteiger partial charge < -0.3 is 9.84 Å². The van der Waals surface area contributed by atoms with Gasteiger partial charge in [-0.1, -0.05) is 6.07 Å². The van der Waals surface area contributed by atoms with Crippen molar-refractivity contribution in [2.45, 2.75) is 37.0 Å². The van der Waals surface area contributed by atoms with Gasteiger partial charge in [-0.25, -0.2) is 17.5 Å². The second kappa shape index (κ2) is 5.54. The van der Waals surface area contributed by atoms with Crippen molar-refractivity contribution < 1.29 is 22.7 Å². The molecule has 1 aliphatic heterocycles. The molecule has 2 atom stereocenters. The summed E-state index contributed by atoms with van der Waals surface area (Å²) in [5.74, 6) is -0.837. The summed E-state index contributed by atoms with van der Waals surface area (Å²) in [5, 5.41) is 8.99. The predicted octanol–water partition coefficient (Wildman–Crippen LogP) is 0.774. The highest BCUT2D eigenvalue weighted by molar-refractivity contribution is 7.89. The summed E-state index contributed by atoms with van der Waals surface area (Å²) < 4.78 is 45.6. The second-order valence-electron chi connectivity index (χ2n) is 4.52. The van der Waals surface area contributed by atoms with E-state index >= 15 is 0 Å². The zero-order valence-electron chi connectivity index (χ0n) is 10.5. The number of ether oxygens (including phenoxy) is 1. The average molecular weight is 289 g/mol. The van der Waals surface area contributed by atoms with Crippen molar-refractivity contribution in [1.29, 1.82) is 0 Å². The molecule has 1 heterocycles. The maximum absolute atomic E-state index is 13.6. The summed E-state index contributed by atoms with van der Waals surface area (Å²) in [7, 11) is -3.96. The number of hydrogen-bond acceptors (Lipinski definition) is 4. The Hall–Kier alpha value is -1.02. The van der Waals surface area contributed by atoms with Crippen LogP contribution in [0.2, 0.25) is 0 Å². The van der Waals surface area contributed by atoms with Crippen molar-refractivity contribution in [2.75, 3.05) is 6.61 Å². The van der Waals surface area contributed by atoms with E-state index in [0.29, 0.717) is 18.6 Å². The summed E-state index contributed by atoms with van der Waals surface area (Å²) in [6.45, 7) is 1.90. The average Bonchev–Trinajstić information content (AvgIpc) is 2.75. The third kappa shape index (κ3) is 3.11. The number of nitrogens with one attached hydrogen (secondary N) is 1. The lowest BCUT2D eigenvalue weighted by Crippen LogP contribution is -2.39. The van der Waals surface area contributed by atoms with Crippen LogP contribution in [0.25, 0.3) is 0 Å². The minimum absolute atomic E-state index is 0.237. The highest BCUT2D eigenvalue weighted by atomic mass is 32.2. The molecule has 0 radical (unpaired) electrons. The highest BCUT2D eigenvalue weighted by Gasteiger charge is 2.30. The minimum atomic E-state index is -3.96. The molecule has 1 saturated heterocycles. The lowest BCUT2D eigenvalue weighted by atomic mass is 10.2. The van der Waals surface area contributed by atoms with E-state index in [4.69, 9.17) is 9.84 Å². The second-order valence-corrected chi connectivity index (χ2v) is 6.20. The molecule has 2 unspecified atom stereocenters. The summed E-state index contributed by atoms with van der Waals surface area (Å²) in [6, 6.07) is 3.16. The van der Waals surface area contributed by atoms with Crippen LogP contribution >= 0.6 is 0 Å². The van der Waals surface area contributed by atoms with Crippen molar-refractivity contribution >= 4 is 10.0 Å². The van der Waals surface area contributed by atoms with Gasteiger partial charge in [-0.2, -0.15) is 0 Å². The zero-order valence-corrected chi connectivity index (χ0v) is 11.3. The van der Waals surface area contributed by atoms with Gasteiger partial charge in [0.15, 0.2) is 0 Å². The Kier molecular flexibility index (Phi) is 4.19. The van der Waals surface area contributed by atoms with Gasteiger partial charge in [-0.3, -0.25) is 0 Å². The number of sulfonamides is 1. The van der Waals surface area contributed by atoms with E-state index in [-0.39, 0.29) is 18.8 Å². The molecular weight excluding hydrogens is 273 g/mol. The molecule has 0 aromatic heterocycles. The monoisotopic (exact) mass is 289 g/mol. The minimum Gasteiger partial charge on any atom is -0.392 e. The molecule has 0 amide bonds. The molecule has 2 rings (SSSR count). The standard InChI is InChI=1S/C12H16FNO4S/c1-8-11(4-5-18-8)14-19(16,17)12-6-9(7-15)2-3-10(12)13/h2-3,6,8,11,14-15H,4-5,7H2,1H3. The van der Waals surface area contributed by atoms with Crippen molar-refractivity contribution in [3.8, 4) is 0 Å². The molecule has 19 heavy (non-hydrogen) atoms. The number of halogens is 1. The van der Waals surface area contributed by atoms with E-state index in [1.54, 1.807) is 6.92 Å². The maximum Gasteiger partial charge on any atom is 0.243 e. The first-order valence-corrected chi connectivity index (χ1v) is 7.45. The molecule has 5 nitrogen and oxygen atoms in total.